The van der Waals surface area contributed by atoms with Crippen molar-refractivity contribution in [1.29, 1.82) is 0 Å². The Bertz CT molecular complexity index is 1320. The van der Waals surface area contributed by atoms with Crippen LogP contribution in [0.25, 0.3) is 0 Å². The maximum absolute atomic E-state index is 12.9. The third kappa shape index (κ3) is 27.1. The Morgan fingerprint density at radius 2 is 1.31 bits per heavy atom. The molecule has 0 aliphatic heterocycles. The van der Waals surface area contributed by atoms with Crippen molar-refractivity contribution < 1.29 is 29.3 Å². The second-order valence-corrected chi connectivity index (χ2v) is 16.1. The summed E-state index contributed by atoms with van der Waals surface area (Å²) in [6.07, 6.45) is 32.8. The summed E-state index contributed by atoms with van der Waals surface area (Å²) in [5, 5.41) is 27.2. The molecule has 0 spiro atoms. The molecule has 0 saturated carbocycles. The number of hydrogen-bond acceptors (Lipinski definition) is 8. The molecule has 54 heavy (non-hydrogen) atoms. The Morgan fingerprint density at radius 1 is 0.759 bits per heavy atom. The van der Waals surface area contributed by atoms with Crippen LogP contribution in [0.5, 0.6) is 0 Å². The molecule has 1 atom stereocenters. The summed E-state index contributed by atoms with van der Waals surface area (Å²) in [7, 11) is 3.15. The molecule has 11 heteroatoms. The van der Waals surface area contributed by atoms with E-state index in [0.29, 0.717) is 38.0 Å². The number of aliphatic hydroxyl groups is 2. The van der Waals surface area contributed by atoms with E-state index in [0.717, 1.165) is 44.9 Å². The molecule has 0 saturated heterocycles. The van der Waals surface area contributed by atoms with Gasteiger partial charge in [-0.15, -0.1) is 0 Å². The van der Waals surface area contributed by atoms with E-state index in [2.05, 4.69) is 89.7 Å². The summed E-state index contributed by atoms with van der Waals surface area (Å²) in [6.45, 7) is 5.73. The van der Waals surface area contributed by atoms with Crippen LogP contribution in [0.4, 0.5) is 4.79 Å². The fourth-order valence-corrected chi connectivity index (χ4v) is 7.36. The van der Waals surface area contributed by atoms with Gasteiger partial charge in [0.25, 0.3) is 0 Å². The van der Waals surface area contributed by atoms with Gasteiger partial charge in [-0.3, -0.25) is 9.59 Å². The summed E-state index contributed by atoms with van der Waals surface area (Å²) in [5.41, 5.74) is 1.17. The van der Waals surface area contributed by atoms with Gasteiger partial charge in [0.05, 0.1) is 19.3 Å². The molecule has 300 valence electrons. The molecule has 1 rings (SSSR count). The molecule has 9 nitrogen and oxygen atoms in total. The zero-order valence-corrected chi connectivity index (χ0v) is 34.3. The van der Waals surface area contributed by atoms with Gasteiger partial charge < -0.3 is 30.9 Å². The first-order valence-electron chi connectivity index (χ1n) is 19.2. The van der Waals surface area contributed by atoms with Gasteiger partial charge >= 0.3 is 6.09 Å². The van der Waals surface area contributed by atoms with Crippen molar-refractivity contribution >= 4 is 39.5 Å². The average molecular weight is 784 g/mol. The van der Waals surface area contributed by atoms with E-state index in [1.165, 1.54) is 5.56 Å². The van der Waals surface area contributed by atoms with Crippen LogP contribution in [-0.2, 0) is 20.7 Å². The zero-order chi connectivity index (χ0) is 39.5. The van der Waals surface area contributed by atoms with E-state index in [9.17, 15) is 24.6 Å². The first-order valence-corrected chi connectivity index (χ1v) is 21.5. The number of amides is 3. The van der Waals surface area contributed by atoms with Crippen LogP contribution in [-0.4, -0.2) is 77.1 Å². The largest absolute Gasteiger partial charge is 0.441 e. The van der Waals surface area contributed by atoms with E-state index in [1.807, 2.05) is 50.3 Å². The molecule has 0 unspecified atom stereocenters. The quantitative estimate of drug-likeness (QED) is 0.0299. The van der Waals surface area contributed by atoms with Crippen LogP contribution >= 0.6 is 21.6 Å². The lowest BCUT2D eigenvalue weighted by molar-refractivity contribution is -0.122. The standard InChI is InChI=1S/C43H65N3O6S2/c1-4-5-6-7-8-9-10-11-12-13-14-15-16-17-18-19-20-21-25-30-40(49)44-32-33-53-54-43(2,3)39(34-45-42(51)52-38(35-47)36-48)46-41(50)31-26-29-37-27-23-22-24-28-37/h5-6,8-9,11-12,14-15,17-18,20-24,27-28,38-39,47-48H,4,7,10,13,16,19,25-26,29-36H2,1-3H3,(H,44,49)(H,45,51)(H,46,50)/b6-5-,9-8-,12-11-,15-14-,18-17-,21-20-/t39-/m1/s1. The topological polar surface area (TPSA) is 137 Å². The number of rotatable bonds is 30. The Morgan fingerprint density at radius 3 is 1.87 bits per heavy atom. The molecule has 5 N–H and O–H groups in total. The number of alkyl carbamates (subject to hydrolysis) is 1. The summed E-state index contributed by atoms with van der Waals surface area (Å²) in [5.74, 6) is 0.557. The number of ether oxygens (including phenoxy) is 1. The molecule has 3 amide bonds. The maximum atomic E-state index is 12.9. The minimum atomic E-state index is -1.02. The maximum Gasteiger partial charge on any atom is 0.407 e. The lowest BCUT2D eigenvalue weighted by Crippen LogP contribution is -2.53. The zero-order valence-electron chi connectivity index (χ0n) is 32.6. The van der Waals surface area contributed by atoms with Crippen LogP contribution in [0.1, 0.15) is 90.5 Å². The fraction of sp³-hybridized carbons (Fsp3) is 0.512. The van der Waals surface area contributed by atoms with Crippen molar-refractivity contribution in [3.63, 3.8) is 0 Å². The number of benzene rings is 1. The summed E-state index contributed by atoms with van der Waals surface area (Å²) in [6, 6.07) is 9.55. The average Bonchev–Trinajstić information content (AvgIpc) is 3.16. The van der Waals surface area contributed by atoms with Crippen molar-refractivity contribution in [3.8, 4) is 0 Å². The van der Waals surface area contributed by atoms with Crippen LogP contribution in [0.3, 0.4) is 0 Å². The second-order valence-electron chi connectivity index (χ2n) is 13.0. The monoisotopic (exact) mass is 783 g/mol. The number of carbonyl (C=O) groups excluding carboxylic acids is 3. The van der Waals surface area contributed by atoms with Gasteiger partial charge in [0.2, 0.25) is 11.8 Å². The molecular formula is C43H65N3O6S2. The highest BCUT2D eigenvalue weighted by atomic mass is 33.1. The van der Waals surface area contributed by atoms with Gasteiger partial charge in [-0.05, 0) is 77.2 Å². The van der Waals surface area contributed by atoms with E-state index in [-0.39, 0.29) is 18.4 Å². The third-order valence-corrected chi connectivity index (χ3v) is 11.3. The molecule has 0 aliphatic carbocycles. The van der Waals surface area contributed by atoms with Crippen LogP contribution in [0.15, 0.2) is 103 Å². The normalized spacial score (nSPS) is 13.0. The summed E-state index contributed by atoms with van der Waals surface area (Å²) in [4.78, 5) is 37.6. The van der Waals surface area contributed by atoms with Crippen molar-refractivity contribution in [1.82, 2.24) is 16.0 Å². The summed E-state index contributed by atoms with van der Waals surface area (Å²) < 4.78 is 4.53. The number of aliphatic hydroxyl groups excluding tert-OH is 2. The van der Waals surface area contributed by atoms with Crippen LogP contribution < -0.4 is 16.0 Å². The highest BCUT2D eigenvalue weighted by Crippen LogP contribution is 2.38. The number of allylic oxidation sites excluding steroid dienone is 12. The number of carbonyl (C=O) groups is 3. The Hall–Kier alpha value is -3.51. The highest BCUT2D eigenvalue weighted by molar-refractivity contribution is 8.77. The Kier molecular flexibility index (Phi) is 29.5. The van der Waals surface area contributed by atoms with Crippen molar-refractivity contribution in [2.24, 2.45) is 0 Å². The molecule has 1 aromatic carbocycles. The van der Waals surface area contributed by atoms with E-state index in [4.69, 9.17) is 4.74 Å². The van der Waals surface area contributed by atoms with Gasteiger partial charge in [0.15, 0.2) is 0 Å². The molecular weight excluding hydrogens is 719 g/mol. The Labute approximate surface area is 332 Å². The van der Waals surface area contributed by atoms with Gasteiger partial charge in [0, 0.05) is 36.4 Å². The number of nitrogens with one attached hydrogen (secondary N) is 3. The van der Waals surface area contributed by atoms with Crippen molar-refractivity contribution in [2.45, 2.75) is 108 Å². The van der Waals surface area contributed by atoms with Gasteiger partial charge in [-0.1, -0.05) is 132 Å². The SMILES string of the molecule is CC/C=C\C/C=C\C/C=C\C/C=C\C/C=C\C/C=C\CCC(=O)NCCSSC(C)(C)[C@@H](CNC(=O)OC(CO)CO)NC(=O)CCCc1ccccc1. The predicted octanol–water partition coefficient (Wildman–Crippen LogP) is 8.33. The number of aryl methyl sites for hydroxylation is 1. The van der Waals surface area contributed by atoms with Crippen LogP contribution in [0, 0.1) is 0 Å². The van der Waals surface area contributed by atoms with Gasteiger partial charge in [0.1, 0.15) is 6.10 Å². The van der Waals surface area contributed by atoms with E-state index in [1.54, 1.807) is 21.6 Å². The Balaban J connectivity index is 2.34. The van der Waals surface area contributed by atoms with Gasteiger partial charge in [-0.2, -0.15) is 0 Å². The smallest absolute Gasteiger partial charge is 0.407 e. The lowest BCUT2D eigenvalue weighted by atomic mass is 10.0. The van der Waals surface area contributed by atoms with Crippen LogP contribution in [0.2, 0.25) is 0 Å². The molecule has 0 fully saturated rings. The van der Waals surface area contributed by atoms with E-state index >= 15 is 0 Å². The van der Waals surface area contributed by atoms with E-state index < -0.39 is 36.2 Å². The predicted molar refractivity (Wildman–Crippen MR) is 228 cm³/mol. The fourth-order valence-electron chi connectivity index (χ4n) is 4.77. The third-order valence-electron chi connectivity index (χ3n) is 7.93. The molecule has 0 aliphatic rings. The summed E-state index contributed by atoms with van der Waals surface area (Å²) >= 11 is 0. The molecule has 0 radical (unpaired) electrons. The second kappa shape index (κ2) is 32.9. The molecule has 0 aromatic heterocycles. The first-order chi connectivity index (χ1) is 26.2. The minimum absolute atomic E-state index is 0.00630. The molecule has 0 heterocycles. The minimum Gasteiger partial charge on any atom is -0.441 e. The lowest BCUT2D eigenvalue weighted by Gasteiger charge is -2.34. The van der Waals surface area contributed by atoms with Crippen molar-refractivity contribution in [3.05, 3.63) is 109 Å². The first kappa shape index (κ1) is 48.5. The number of hydrogen-bond donors (Lipinski definition) is 5. The van der Waals surface area contributed by atoms with Crippen molar-refractivity contribution in [2.75, 3.05) is 32.1 Å². The molecule has 0 bridgehead atoms. The highest BCUT2D eigenvalue weighted by Gasteiger charge is 2.32. The molecule has 1 aromatic rings. The van der Waals surface area contributed by atoms with Gasteiger partial charge in [-0.25, -0.2) is 4.79 Å².